The fourth-order valence-corrected chi connectivity index (χ4v) is 5.11. The van der Waals surface area contributed by atoms with E-state index >= 15 is 0 Å². The van der Waals surface area contributed by atoms with Crippen LogP contribution in [0.2, 0.25) is 0 Å². The lowest BCUT2D eigenvalue weighted by molar-refractivity contribution is 0.470. The number of benzene rings is 3. The topological polar surface area (TPSA) is 82.6 Å². The second kappa shape index (κ2) is 9.84. The molecule has 0 radical (unpaired) electrons. The Bertz CT molecular complexity index is 1580. The van der Waals surface area contributed by atoms with Crippen LogP contribution in [0.5, 0.6) is 23.0 Å². The Hall–Kier alpha value is -3.55. The Balaban J connectivity index is 1.61. The Morgan fingerprint density at radius 2 is 1.44 bits per heavy atom. The third kappa shape index (κ3) is 5.98. The smallest absolute Gasteiger partial charge is 0.175 e. The van der Waals surface area contributed by atoms with Crippen LogP contribution < -0.4 is 14.8 Å². The summed E-state index contributed by atoms with van der Waals surface area (Å²) in [5, 5.41) is 0.428. The minimum atomic E-state index is -3.34. The number of rotatable bonds is 7. The predicted molar refractivity (Wildman–Crippen MR) is 135 cm³/mol. The van der Waals surface area contributed by atoms with Crippen LogP contribution in [-0.2, 0) is 14.4 Å². The molecule has 0 aliphatic heterocycles. The first-order valence-electron chi connectivity index (χ1n) is 10.7. The number of halogens is 2. The van der Waals surface area contributed by atoms with Gasteiger partial charge >= 0.3 is 0 Å². The average Bonchev–Trinajstić information content (AvgIpc) is 2.81. The lowest BCUT2D eigenvalue weighted by Crippen LogP contribution is -2.08. The summed E-state index contributed by atoms with van der Waals surface area (Å²) in [7, 11) is -6.16. The van der Waals surface area contributed by atoms with Crippen LogP contribution in [0.25, 0.3) is 11.1 Å². The normalized spacial score (nSPS) is 11.8. The second-order valence-electron chi connectivity index (χ2n) is 8.47. The molecule has 3 aromatic carbocycles. The van der Waals surface area contributed by atoms with Gasteiger partial charge in [-0.05, 0) is 79.6 Å². The largest absolute Gasteiger partial charge is 0.457 e. The standard InChI is InChI=1S/C26H22F2NO5PS/c1-35(2,30)26-14-20(7-11-25(26)34-19-5-8-22(9-6-19)36(3,31)32)33-21-12-18(15-29-16-21)17-4-10-23(27)24(28)13-17/h4-16H,1-3H3. The van der Waals surface area contributed by atoms with E-state index in [4.69, 9.17) is 9.47 Å². The number of hydrogen-bond donors (Lipinski definition) is 0. The number of hydrogen-bond acceptors (Lipinski definition) is 6. The summed E-state index contributed by atoms with van der Waals surface area (Å²) in [5.41, 5.74) is 0.963. The lowest BCUT2D eigenvalue weighted by atomic mass is 10.1. The van der Waals surface area contributed by atoms with Gasteiger partial charge in [0.05, 0.1) is 16.4 Å². The van der Waals surface area contributed by atoms with Crippen molar-refractivity contribution >= 4 is 22.3 Å². The van der Waals surface area contributed by atoms with Crippen LogP contribution in [0, 0.1) is 11.6 Å². The van der Waals surface area contributed by atoms with Gasteiger partial charge in [0.15, 0.2) is 21.5 Å². The average molecular weight is 530 g/mol. The Labute approximate surface area is 207 Å². The lowest BCUT2D eigenvalue weighted by Gasteiger charge is -2.16. The van der Waals surface area contributed by atoms with Crippen molar-refractivity contribution in [1.29, 1.82) is 0 Å². The van der Waals surface area contributed by atoms with Crippen LogP contribution in [0.3, 0.4) is 0 Å². The number of sulfone groups is 1. The van der Waals surface area contributed by atoms with Crippen molar-refractivity contribution in [3.8, 4) is 34.1 Å². The first-order valence-corrected chi connectivity index (χ1v) is 15.2. The highest BCUT2D eigenvalue weighted by atomic mass is 32.2. The fraction of sp³-hybridized carbons (Fsp3) is 0.115. The molecule has 4 rings (SSSR count). The van der Waals surface area contributed by atoms with Gasteiger partial charge in [0.2, 0.25) is 0 Å². The van der Waals surface area contributed by atoms with Gasteiger partial charge in [-0.2, -0.15) is 0 Å². The van der Waals surface area contributed by atoms with Crippen molar-refractivity contribution in [2.75, 3.05) is 19.6 Å². The van der Waals surface area contributed by atoms with E-state index in [0.717, 1.165) is 18.4 Å². The zero-order valence-corrected chi connectivity index (χ0v) is 21.3. The van der Waals surface area contributed by atoms with Crippen molar-refractivity contribution in [2.24, 2.45) is 0 Å². The maximum absolute atomic E-state index is 13.6. The molecule has 0 saturated carbocycles. The maximum Gasteiger partial charge on any atom is 0.175 e. The van der Waals surface area contributed by atoms with Gasteiger partial charge in [-0.3, -0.25) is 4.98 Å². The van der Waals surface area contributed by atoms with Crippen molar-refractivity contribution in [3.05, 3.63) is 90.8 Å². The summed E-state index contributed by atoms with van der Waals surface area (Å²) in [6.07, 6.45) is 4.09. The van der Waals surface area contributed by atoms with Gasteiger partial charge < -0.3 is 14.0 Å². The van der Waals surface area contributed by atoms with E-state index in [0.29, 0.717) is 39.4 Å². The van der Waals surface area contributed by atoms with Crippen LogP contribution >= 0.6 is 7.14 Å². The molecule has 1 heterocycles. The Kier molecular flexibility index (Phi) is 6.98. The third-order valence-corrected chi connectivity index (χ3v) is 7.83. The molecule has 6 nitrogen and oxygen atoms in total. The summed E-state index contributed by atoms with van der Waals surface area (Å²) in [4.78, 5) is 4.28. The van der Waals surface area contributed by atoms with E-state index in [9.17, 15) is 21.8 Å². The van der Waals surface area contributed by atoms with Gasteiger partial charge in [0.25, 0.3) is 0 Å². The number of nitrogens with zero attached hydrogens (tertiary/aromatic N) is 1. The molecule has 186 valence electrons. The van der Waals surface area contributed by atoms with Gasteiger partial charge in [0.1, 0.15) is 30.1 Å². The summed E-state index contributed by atoms with van der Waals surface area (Å²) >= 11 is 0. The molecule has 4 aromatic rings. The monoisotopic (exact) mass is 529 g/mol. The SMILES string of the molecule is CP(C)(=O)c1cc(Oc2cncc(-c3ccc(F)c(F)c3)c2)ccc1Oc1ccc(S(C)(=O)=O)cc1. The first-order chi connectivity index (χ1) is 16.9. The number of pyridine rings is 1. The molecule has 0 saturated heterocycles. The molecule has 1 aromatic heterocycles. The molecule has 0 atom stereocenters. The molecule has 0 aliphatic rings. The summed E-state index contributed by atoms with van der Waals surface area (Å²) < 4.78 is 75.1. The first kappa shape index (κ1) is 25.5. The number of ether oxygens (including phenoxy) is 2. The van der Waals surface area contributed by atoms with E-state index in [2.05, 4.69) is 4.98 Å². The van der Waals surface area contributed by atoms with Gasteiger partial charge in [-0.15, -0.1) is 0 Å². The molecular weight excluding hydrogens is 507 g/mol. The minimum Gasteiger partial charge on any atom is -0.457 e. The van der Waals surface area contributed by atoms with E-state index in [1.54, 1.807) is 37.6 Å². The van der Waals surface area contributed by atoms with Crippen molar-refractivity contribution in [3.63, 3.8) is 0 Å². The van der Waals surface area contributed by atoms with Gasteiger partial charge in [0, 0.05) is 18.0 Å². The molecule has 0 N–H and O–H groups in total. The maximum atomic E-state index is 13.6. The molecular formula is C26H22F2NO5PS. The molecule has 0 bridgehead atoms. The highest BCUT2D eigenvalue weighted by Gasteiger charge is 2.20. The Morgan fingerprint density at radius 1 is 0.750 bits per heavy atom. The molecule has 0 spiro atoms. The van der Waals surface area contributed by atoms with Gasteiger partial charge in [-0.25, -0.2) is 17.2 Å². The van der Waals surface area contributed by atoms with Crippen LogP contribution in [0.15, 0.2) is 84.0 Å². The van der Waals surface area contributed by atoms with E-state index in [1.807, 2.05) is 0 Å². The summed E-state index contributed by atoms with van der Waals surface area (Å²) in [6, 6.07) is 16.0. The van der Waals surface area contributed by atoms with E-state index in [1.165, 1.54) is 42.7 Å². The van der Waals surface area contributed by atoms with Crippen molar-refractivity contribution < 1.29 is 31.2 Å². The van der Waals surface area contributed by atoms with Gasteiger partial charge in [-0.1, -0.05) is 6.07 Å². The molecule has 0 amide bonds. The zero-order valence-electron chi connectivity index (χ0n) is 19.6. The molecule has 10 heteroatoms. The molecule has 0 aliphatic carbocycles. The van der Waals surface area contributed by atoms with Crippen LogP contribution in [0.1, 0.15) is 0 Å². The van der Waals surface area contributed by atoms with Crippen LogP contribution in [0.4, 0.5) is 8.78 Å². The highest BCUT2D eigenvalue weighted by Crippen LogP contribution is 2.41. The molecule has 0 unspecified atom stereocenters. The van der Waals surface area contributed by atoms with E-state index in [-0.39, 0.29) is 4.90 Å². The second-order valence-corrected chi connectivity index (χ2v) is 13.7. The quantitative estimate of drug-likeness (QED) is 0.263. The zero-order chi connectivity index (χ0) is 26.1. The Morgan fingerprint density at radius 3 is 2.08 bits per heavy atom. The van der Waals surface area contributed by atoms with E-state index < -0.39 is 28.6 Å². The number of aromatic nitrogens is 1. The van der Waals surface area contributed by atoms with Crippen LogP contribution in [-0.4, -0.2) is 33.0 Å². The fourth-order valence-electron chi connectivity index (χ4n) is 3.39. The minimum absolute atomic E-state index is 0.162. The highest BCUT2D eigenvalue weighted by molar-refractivity contribution is 7.90. The summed E-state index contributed by atoms with van der Waals surface area (Å²) in [6.45, 7) is 3.19. The molecule has 0 fully saturated rings. The summed E-state index contributed by atoms with van der Waals surface area (Å²) in [5.74, 6) is -0.464. The third-order valence-electron chi connectivity index (χ3n) is 5.19. The molecule has 36 heavy (non-hydrogen) atoms. The van der Waals surface area contributed by atoms with Crippen molar-refractivity contribution in [2.45, 2.75) is 4.90 Å². The van der Waals surface area contributed by atoms with Crippen molar-refractivity contribution in [1.82, 2.24) is 4.98 Å². The predicted octanol–water partition coefficient (Wildman–Crippen LogP) is 6.26.